The standard InChI is InChI=1S/C35H44N2O3/c1-4-36(23-25-7-5-24(6-8-25)17-18-37-29-12-13-30(37)15-14-29)33-22-35(40-3)34(39-2)21-32(33)28-10-9-27-20-31(38)16-11-26(27)19-28/h5-8,11,16,20-22,28-30,38H,4,9-10,12-15,17-19,23H2,1-3H3/t28-,29?,30?/m1/s1. The highest BCUT2D eigenvalue weighted by Crippen LogP contribution is 2.44. The zero-order chi connectivity index (χ0) is 27.6. The summed E-state index contributed by atoms with van der Waals surface area (Å²) in [6, 6.07) is 21.2. The molecule has 5 heteroatoms. The molecule has 1 N–H and O–H groups in total. The van der Waals surface area contributed by atoms with Gasteiger partial charge in [-0.2, -0.15) is 0 Å². The van der Waals surface area contributed by atoms with Gasteiger partial charge in [-0.15, -0.1) is 0 Å². The van der Waals surface area contributed by atoms with E-state index in [9.17, 15) is 5.11 Å². The van der Waals surface area contributed by atoms with E-state index in [0.717, 1.165) is 62.4 Å². The molecule has 3 aromatic carbocycles. The van der Waals surface area contributed by atoms with E-state index in [0.29, 0.717) is 11.7 Å². The average Bonchev–Trinajstić information content (AvgIpc) is 3.58. The van der Waals surface area contributed by atoms with Crippen molar-refractivity contribution in [1.29, 1.82) is 0 Å². The van der Waals surface area contributed by atoms with E-state index in [4.69, 9.17) is 9.47 Å². The Balaban J connectivity index is 1.21. The van der Waals surface area contributed by atoms with Gasteiger partial charge in [-0.25, -0.2) is 0 Å². The molecule has 2 saturated heterocycles. The third-order valence-corrected chi connectivity index (χ3v) is 9.77. The quantitative estimate of drug-likeness (QED) is 0.304. The minimum atomic E-state index is 0.357. The molecule has 2 aliphatic heterocycles. The molecule has 0 aromatic heterocycles. The van der Waals surface area contributed by atoms with Crippen LogP contribution in [0.3, 0.4) is 0 Å². The topological polar surface area (TPSA) is 45.2 Å². The SMILES string of the molecule is CCN(Cc1ccc(CCN2C3CCC2CC3)cc1)c1cc(OC)c(OC)cc1[C@@H]1CCc2cc(O)ccc2C1. The van der Waals surface area contributed by atoms with Gasteiger partial charge in [-0.3, -0.25) is 4.90 Å². The Morgan fingerprint density at radius 3 is 2.17 bits per heavy atom. The van der Waals surface area contributed by atoms with Crippen LogP contribution in [0.4, 0.5) is 5.69 Å². The summed E-state index contributed by atoms with van der Waals surface area (Å²) in [4.78, 5) is 5.25. The van der Waals surface area contributed by atoms with Crippen molar-refractivity contribution in [3.8, 4) is 17.2 Å². The number of methoxy groups -OCH3 is 2. The van der Waals surface area contributed by atoms with Gasteiger partial charge in [0.2, 0.25) is 0 Å². The number of aryl methyl sites for hydroxylation is 1. The maximum atomic E-state index is 9.97. The fourth-order valence-corrected chi connectivity index (χ4v) is 7.53. The largest absolute Gasteiger partial charge is 0.508 e. The lowest BCUT2D eigenvalue weighted by atomic mass is 9.79. The van der Waals surface area contributed by atoms with E-state index in [1.54, 1.807) is 14.2 Å². The van der Waals surface area contributed by atoms with Crippen LogP contribution in [0.2, 0.25) is 0 Å². The van der Waals surface area contributed by atoms with E-state index >= 15 is 0 Å². The molecular formula is C35H44N2O3. The van der Waals surface area contributed by atoms with Gasteiger partial charge in [-0.05, 0) is 110 Å². The van der Waals surface area contributed by atoms with Gasteiger partial charge in [0.15, 0.2) is 11.5 Å². The Morgan fingerprint density at radius 2 is 1.50 bits per heavy atom. The first-order valence-electron chi connectivity index (χ1n) is 15.2. The molecule has 40 heavy (non-hydrogen) atoms. The van der Waals surface area contributed by atoms with Gasteiger partial charge >= 0.3 is 0 Å². The number of rotatable bonds is 10. The van der Waals surface area contributed by atoms with Crippen molar-refractivity contribution >= 4 is 5.69 Å². The molecule has 6 rings (SSSR count). The molecule has 2 bridgehead atoms. The average molecular weight is 541 g/mol. The van der Waals surface area contributed by atoms with Crippen LogP contribution in [-0.4, -0.2) is 49.4 Å². The second-order valence-corrected chi connectivity index (χ2v) is 11.9. The number of phenolic OH excluding ortho intramolecular Hbond substituents is 1. The third kappa shape index (κ3) is 5.41. The predicted molar refractivity (Wildman–Crippen MR) is 162 cm³/mol. The molecule has 5 nitrogen and oxygen atoms in total. The van der Waals surface area contributed by atoms with E-state index in [1.807, 2.05) is 12.1 Å². The molecule has 0 spiro atoms. The Kier molecular flexibility index (Phi) is 7.93. The Morgan fingerprint density at radius 1 is 0.825 bits per heavy atom. The highest BCUT2D eigenvalue weighted by molar-refractivity contribution is 5.64. The first-order chi connectivity index (χ1) is 19.6. The lowest BCUT2D eigenvalue weighted by Crippen LogP contribution is -2.30. The molecular weight excluding hydrogens is 496 g/mol. The number of aromatic hydroxyl groups is 1. The number of nitrogens with zero attached hydrogens (tertiary/aromatic N) is 2. The van der Waals surface area contributed by atoms with Gasteiger partial charge in [0.25, 0.3) is 0 Å². The summed E-state index contributed by atoms with van der Waals surface area (Å²) in [6.45, 7) is 5.19. The third-order valence-electron chi connectivity index (χ3n) is 9.77. The van der Waals surface area contributed by atoms with Crippen LogP contribution >= 0.6 is 0 Å². The maximum absolute atomic E-state index is 9.97. The number of phenols is 1. The van der Waals surface area contributed by atoms with E-state index < -0.39 is 0 Å². The van der Waals surface area contributed by atoms with Crippen molar-refractivity contribution in [3.05, 3.63) is 82.4 Å². The van der Waals surface area contributed by atoms with E-state index in [1.165, 1.54) is 65.7 Å². The molecule has 2 fully saturated rings. The van der Waals surface area contributed by atoms with Crippen molar-refractivity contribution in [2.24, 2.45) is 0 Å². The zero-order valence-corrected chi connectivity index (χ0v) is 24.4. The lowest BCUT2D eigenvalue weighted by Gasteiger charge is -2.32. The smallest absolute Gasteiger partial charge is 0.162 e. The van der Waals surface area contributed by atoms with Gasteiger partial charge in [0.1, 0.15) is 5.75 Å². The van der Waals surface area contributed by atoms with E-state index in [-0.39, 0.29) is 0 Å². The molecule has 0 radical (unpaired) electrons. The first kappa shape index (κ1) is 27.0. The normalized spacial score (nSPS) is 21.8. The highest BCUT2D eigenvalue weighted by Gasteiger charge is 2.38. The van der Waals surface area contributed by atoms with Crippen LogP contribution in [0.1, 0.15) is 72.8 Å². The van der Waals surface area contributed by atoms with Crippen molar-refractivity contribution in [1.82, 2.24) is 4.90 Å². The fourth-order valence-electron chi connectivity index (χ4n) is 7.53. The van der Waals surface area contributed by atoms with Crippen LogP contribution in [0, 0.1) is 0 Å². The highest BCUT2D eigenvalue weighted by atomic mass is 16.5. The van der Waals surface area contributed by atoms with Crippen LogP contribution in [0.5, 0.6) is 17.2 Å². The molecule has 212 valence electrons. The number of hydrogen-bond acceptors (Lipinski definition) is 5. The Bertz CT molecular complexity index is 1300. The number of fused-ring (bicyclic) bond motifs is 3. The summed E-state index contributed by atoms with van der Waals surface area (Å²) < 4.78 is 11.5. The maximum Gasteiger partial charge on any atom is 0.162 e. The molecule has 0 unspecified atom stereocenters. The molecule has 0 amide bonds. The monoisotopic (exact) mass is 540 g/mol. The Labute approximate surface area is 239 Å². The van der Waals surface area contributed by atoms with Gasteiger partial charge < -0.3 is 19.5 Å². The molecule has 1 aliphatic carbocycles. The second kappa shape index (κ2) is 11.7. The number of hydrogen-bond donors (Lipinski definition) is 1. The first-order valence-corrected chi connectivity index (χ1v) is 15.2. The number of ether oxygens (including phenoxy) is 2. The van der Waals surface area contributed by atoms with Crippen LogP contribution in [0.15, 0.2) is 54.6 Å². The van der Waals surface area contributed by atoms with Crippen molar-refractivity contribution in [2.75, 3.05) is 32.2 Å². The fraction of sp³-hybridized carbons (Fsp3) is 0.486. The van der Waals surface area contributed by atoms with Crippen molar-refractivity contribution in [2.45, 2.75) is 82.8 Å². The molecule has 0 saturated carbocycles. The molecule has 3 aromatic rings. The zero-order valence-electron chi connectivity index (χ0n) is 24.4. The predicted octanol–water partition coefficient (Wildman–Crippen LogP) is 6.88. The van der Waals surface area contributed by atoms with Crippen LogP contribution < -0.4 is 14.4 Å². The van der Waals surface area contributed by atoms with Crippen LogP contribution in [0.25, 0.3) is 0 Å². The lowest BCUT2D eigenvalue weighted by molar-refractivity contribution is 0.256. The Hall–Kier alpha value is -3.18. The van der Waals surface area contributed by atoms with Crippen LogP contribution in [-0.2, 0) is 25.8 Å². The minimum Gasteiger partial charge on any atom is -0.508 e. The summed E-state index contributed by atoms with van der Waals surface area (Å²) in [7, 11) is 3.43. The van der Waals surface area contributed by atoms with E-state index in [2.05, 4.69) is 59.2 Å². The molecule has 1 atom stereocenters. The summed E-state index contributed by atoms with van der Waals surface area (Å²) in [6.07, 6.45) is 9.75. The van der Waals surface area contributed by atoms with Gasteiger partial charge in [-0.1, -0.05) is 30.3 Å². The number of anilines is 1. The van der Waals surface area contributed by atoms with Gasteiger partial charge in [0.05, 0.1) is 14.2 Å². The summed E-state index contributed by atoms with van der Waals surface area (Å²) >= 11 is 0. The van der Waals surface area contributed by atoms with Gasteiger partial charge in [0, 0.05) is 43.5 Å². The summed E-state index contributed by atoms with van der Waals surface area (Å²) in [5.74, 6) is 2.29. The second-order valence-electron chi connectivity index (χ2n) is 11.9. The molecule has 2 heterocycles. The number of benzene rings is 3. The summed E-state index contributed by atoms with van der Waals surface area (Å²) in [5.41, 5.74) is 7.91. The van der Waals surface area contributed by atoms with Crippen molar-refractivity contribution < 1.29 is 14.6 Å². The van der Waals surface area contributed by atoms with Crippen molar-refractivity contribution in [3.63, 3.8) is 0 Å². The summed E-state index contributed by atoms with van der Waals surface area (Å²) in [5, 5.41) is 9.97. The minimum absolute atomic E-state index is 0.357. The molecule has 3 aliphatic rings.